The minimum Gasteiger partial charge on any atom is -0.370 e. The molecule has 0 heterocycles. The van der Waals surface area contributed by atoms with Gasteiger partial charge in [0.15, 0.2) is 0 Å². The van der Waals surface area contributed by atoms with Crippen molar-refractivity contribution in [3.05, 3.63) is 28.2 Å². The zero-order valence-electron chi connectivity index (χ0n) is 12.4. The van der Waals surface area contributed by atoms with Crippen LogP contribution in [-0.2, 0) is 6.54 Å². The van der Waals surface area contributed by atoms with Gasteiger partial charge in [-0.05, 0) is 77.7 Å². The van der Waals surface area contributed by atoms with Crippen LogP contribution >= 0.6 is 15.9 Å². The Labute approximate surface area is 131 Å². The molecule has 2 saturated carbocycles. The molecule has 0 saturated heterocycles. The molecule has 2 nitrogen and oxygen atoms in total. The number of halogens is 1. The molecule has 2 fully saturated rings. The van der Waals surface area contributed by atoms with Crippen LogP contribution in [0.3, 0.4) is 0 Å². The Hall–Kier alpha value is -0.540. The molecule has 0 amide bonds. The molecule has 3 rings (SSSR count). The smallest absolute Gasteiger partial charge is 0.0511 e. The Balaban J connectivity index is 1.70. The van der Waals surface area contributed by atoms with Crippen LogP contribution in [0.5, 0.6) is 0 Å². The quantitative estimate of drug-likeness (QED) is 0.765. The molecule has 0 spiro atoms. The van der Waals surface area contributed by atoms with Crippen molar-refractivity contribution in [2.45, 2.75) is 39.2 Å². The first kappa shape index (κ1) is 14.4. The number of nitrogens with one attached hydrogen (secondary N) is 1. The summed E-state index contributed by atoms with van der Waals surface area (Å²) in [5.41, 5.74) is 2.75. The topological polar surface area (TPSA) is 15.3 Å². The number of rotatable bonds is 8. The highest BCUT2D eigenvalue weighted by molar-refractivity contribution is 9.10. The first-order valence-corrected chi connectivity index (χ1v) is 8.79. The van der Waals surface area contributed by atoms with Gasteiger partial charge in [-0.25, -0.2) is 0 Å². The Morgan fingerprint density at radius 3 is 2.30 bits per heavy atom. The fraction of sp³-hybridized carbons (Fsp3) is 0.647. The molecule has 0 unspecified atom stereocenters. The molecule has 2 aliphatic carbocycles. The molecular weight excluding hydrogens is 312 g/mol. The van der Waals surface area contributed by atoms with Crippen molar-refractivity contribution in [3.63, 3.8) is 0 Å². The monoisotopic (exact) mass is 336 g/mol. The first-order valence-electron chi connectivity index (χ1n) is 8.00. The lowest BCUT2D eigenvalue weighted by molar-refractivity contribution is 0.677. The summed E-state index contributed by atoms with van der Waals surface area (Å²) in [7, 11) is 0. The summed E-state index contributed by atoms with van der Waals surface area (Å²) in [6.45, 7) is 6.63. The van der Waals surface area contributed by atoms with E-state index >= 15 is 0 Å². The highest BCUT2D eigenvalue weighted by atomic mass is 79.9. The van der Waals surface area contributed by atoms with Crippen LogP contribution in [0.2, 0.25) is 0 Å². The standard InChI is InChI=1S/C17H25BrN2/c1-2-19-10-15-7-8-17(16(18)9-15)20(11-13-3-4-13)12-14-5-6-14/h7-9,13-14,19H,2-6,10-12H2,1H3. The third kappa shape index (κ3) is 3.98. The van der Waals surface area contributed by atoms with Gasteiger partial charge in [-0.3, -0.25) is 0 Å². The molecule has 1 N–H and O–H groups in total. The fourth-order valence-electron chi connectivity index (χ4n) is 2.68. The highest BCUT2D eigenvalue weighted by Crippen LogP contribution is 2.38. The normalized spacial score (nSPS) is 18.3. The zero-order chi connectivity index (χ0) is 13.9. The predicted molar refractivity (Wildman–Crippen MR) is 89.2 cm³/mol. The van der Waals surface area contributed by atoms with Gasteiger partial charge < -0.3 is 10.2 Å². The third-order valence-electron chi connectivity index (χ3n) is 4.28. The molecule has 0 radical (unpaired) electrons. The lowest BCUT2D eigenvalue weighted by atomic mass is 10.1. The van der Waals surface area contributed by atoms with Gasteiger partial charge in [-0.1, -0.05) is 13.0 Å². The van der Waals surface area contributed by atoms with Crippen molar-refractivity contribution < 1.29 is 0 Å². The van der Waals surface area contributed by atoms with Crippen molar-refractivity contribution in [2.75, 3.05) is 24.5 Å². The summed E-state index contributed by atoms with van der Waals surface area (Å²) >= 11 is 3.79. The van der Waals surface area contributed by atoms with Gasteiger partial charge >= 0.3 is 0 Å². The molecule has 0 atom stereocenters. The predicted octanol–water partition coefficient (Wildman–Crippen LogP) is 4.19. The molecule has 110 valence electrons. The third-order valence-corrected chi connectivity index (χ3v) is 4.92. The van der Waals surface area contributed by atoms with E-state index in [0.717, 1.165) is 24.9 Å². The van der Waals surface area contributed by atoms with E-state index in [4.69, 9.17) is 0 Å². The van der Waals surface area contributed by atoms with Crippen LogP contribution in [0, 0.1) is 11.8 Å². The average molecular weight is 337 g/mol. The molecule has 1 aromatic rings. The summed E-state index contributed by atoms with van der Waals surface area (Å²) in [6.07, 6.45) is 5.71. The van der Waals surface area contributed by atoms with E-state index in [-0.39, 0.29) is 0 Å². The molecule has 0 aromatic heterocycles. The van der Waals surface area contributed by atoms with Crippen molar-refractivity contribution in [2.24, 2.45) is 11.8 Å². The summed E-state index contributed by atoms with van der Waals surface area (Å²) in [5.74, 6) is 1.89. The van der Waals surface area contributed by atoms with Gasteiger partial charge in [-0.2, -0.15) is 0 Å². The van der Waals surface area contributed by atoms with Crippen molar-refractivity contribution in [1.29, 1.82) is 0 Å². The minimum atomic E-state index is 0.946. The summed E-state index contributed by atoms with van der Waals surface area (Å²) in [5, 5.41) is 3.39. The van der Waals surface area contributed by atoms with Crippen molar-refractivity contribution >= 4 is 21.6 Å². The van der Waals surface area contributed by atoms with E-state index in [1.165, 1.54) is 54.5 Å². The molecule has 3 heteroatoms. The highest BCUT2D eigenvalue weighted by Gasteiger charge is 2.29. The fourth-order valence-corrected chi connectivity index (χ4v) is 3.36. The first-order chi connectivity index (χ1) is 9.76. The van der Waals surface area contributed by atoms with Gasteiger partial charge in [0.1, 0.15) is 0 Å². The van der Waals surface area contributed by atoms with E-state index < -0.39 is 0 Å². The van der Waals surface area contributed by atoms with Gasteiger partial charge in [0.2, 0.25) is 0 Å². The second-order valence-corrected chi connectivity index (χ2v) is 7.21. The maximum Gasteiger partial charge on any atom is 0.0511 e. The Kier molecular flexibility index (Phi) is 4.67. The number of benzene rings is 1. The second-order valence-electron chi connectivity index (χ2n) is 6.36. The van der Waals surface area contributed by atoms with Crippen LogP contribution in [0.25, 0.3) is 0 Å². The molecule has 20 heavy (non-hydrogen) atoms. The lowest BCUT2D eigenvalue weighted by Crippen LogP contribution is -2.28. The van der Waals surface area contributed by atoms with Crippen molar-refractivity contribution in [3.8, 4) is 0 Å². The number of hydrogen-bond acceptors (Lipinski definition) is 2. The van der Waals surface area contributed by atoms with Crippen LogP contribution in [-0.4, -0.2) is 19.6 Å². The van der Waals surface area contributed by atoms with E-state index in [1.54, 1.807) is 0 Å². The Morgan fingerprint density at radius 2 is 1.80 bits per heavy atom. The summed E-state index contributed by atoms with van der Waals surface area (Å²) < 4.78 is 1.26. The van der Waals surface area contributed by atoms with Gasteiger partial charge in [0.25, 0.3) is 0 Å². The zero-order valence-corrected chi connectivity index (χ0v) is 14.0. The van der Waals surface area contributed by atoms with Crippen molar-refractivity contribution in [1.82, 2.24) is 5.32 Å². The molecule has 0 aliphatic heterocycles. The Bertz CT molecular complexity index is 438. The average Bonchev–Trinajstić information content (AvgIpc) is 3.31. The van der Waals surface area contributed by atoms with Crippen LogP contribution in [0.15, 0.2) is 22.7 Å². The maximum atomic E-state index is 3.79. The van der Waals surface area contributed by atoms with E-state index in [1.807, 2.05) is 0 Å². The second kappa shape index (κ2) is 6.48. The number of hydrogen-bond donors (Lipinski definition) is 1. The molecule has 1 aromatic carbocycles. The minimum absolute atomic E-state index is 0.946. The van der Waals surface area contributed by atoms with Gasteiger partial charge in [-0.15, -0.1) is 0 Å². The summed E-state index contributed by atoms with van der Waals surface area (Å²) in [4.78, 5) is 2.62. The number of anilines is 1. The molecule has 0 bridgehead atoms. The molecular formula is C17H25BrN2. The number of nitrogens with zero attached hydrogens (tertiary/aromatic N) is 1. The lowest BCUT2D eigenvalue weighted by Gasteiger charge is -2.26. The van der Waals surface area contributed by atoms with Crippen LogP contribution < -0.4 is 10.2 Å². The van der Waals surface area contributed by atoms with E-state index in [0.29, 0.717) is 0 Å². The van der Waals surface area contributed by atoms with Gasteiger partial charge in [0.05, 0.1) is 5.69 Å². The summed E-state index contributed by atoms with van der Waals surface area (Å²) in [6, 6.07) is 6.86. The Morgan fingerprint density at radius 1 is 1.15 bits per heavy atom. The van der Waals surface area contributed by atoms with E-state index in [2.05, 4.69) is 51.3 Å². The molecule has 2 aliphatic rings. The maximum absolute atomic E-state index is 3.79. The van der Waals surface area contributed by atoms with Crippen LogP contribution in [0.1, 0.15) is 38.2 Å². The SMILES string of the molecule is CCNCc1ccc(N(CC2CC2)CC2CC2)c(Br)c1. The largest absolute Gasteiger partial charge is 0.370 e. The van der Waals surface area contributed by atoms with Gasteiger partial charge in [0, 0.05) is 24.1 Å². The van der Waals surface area contributed by atoms with Crippen LogP contribution in [0.4, 0.5) is 5.69 Å². The van der Waals surface area contributed by atoms with E-state index in [9.17, 15) is 0 Å².